The van der Waals surface area contributed by atoms with Gasteiger partial charge in [0.25, 0.3) is 6.43 Å². The first-order valence-electron chi connectivity index (χ1n) is 5.30. The molecule has 1 aliphatic rings. The third-order valence-corrected chi connectivity index (χ3v) is 2.55. The van der Waals surface area contributed by atoms with Crippen LogP contribution >= 0.6 is 0 Å². The molecule has 0 saturated heterocycles. The Bertz CT molecular complexity index is 200. The van der Waals surface area contributed by atoms with Gasteiger partial charge in [0.15, 0.2) is 0 Å². The van der Waals surface area contributed by atoms with Crippen LogP contribution in [0.1, 0.15) is 19.8 Å². The number of aliphatic hydroxyl groups is 1. The van der Waals surface area contributed by atoms with E-state index in [9.17, 15) is 13.9 Å². The van der Waals surface area contributed by atoms with E-state index in [0.29, 0.717) is 12.6 Å². The molecule has 0 heterocycles. The maximum atomic E-state index is 12.1. The molecule has 15 heavy (non-hydrogen) atoms. The third kappa shape index (κ3) is 4.86. The van der Waals surface area contributed by atoms with Gasteiger partial charge >= 0.3 is 0 Å². The van der Waals surface area contributed by atoms with Gasteiger partial charge in [-0.15, -0.1) is 0 Å². The van der Waals surface area contributed by atoms with Gasteiger partial charge in [-0.1, -0.05) is 0 Å². The average Bonchev–Trinajstić information content (AvgIpc) is 2.86. The molecule has 0 radical (unpaired) electrons. The zero-order valence-corrected chi connectivity index (χ0v) is 9.34. The van der Waals surface area contributed by atoms with Crippen molar-refractivity contribution in [3.63, 3.8) is 0 Å². The molecular weight excluding hydrogens is 202 g/mol. The second-order valence-corrected chi connectivity index (χ2v) is 4.73. The number of nitrogens with one attached hydrogen (secondary N) is 1. The summed E-state index contributed by atoms with van der Waals surface area (Å²) in [6.45, 7) is 2.02. The molecule has 0 aromatic heterocycles. The second-order valence-electron chi connectivity index (χ2n) is 4.73. The zero-order chi connectivity index (χ0) is 11.5. The average molecular weight is 222 g/mol. The molecule has 3 nitrogen and oxygen atoms in total. The van der Waals surface area contributed by atoms with Crippen molar-refractivity contribution in [2.45, 2.75) is 37.8 Å². The zero-order valence-electron chi connectivity index (χ0n) is 9.34. The van der Waals surface area contributed by atoms with E-state index in [1.165, 1.54) is 0 Å². The smallest absolute Gasteiger partial charge is 0.251 e. The maximum absolute atomic E-state index is 12.1. The number of alkyl halides is 2. The van der Waals surface area contributed by atoms with E-state index in [1.54, 1.807) is 11.9 Å². The monoisotopic (exact) mass is 222 g/mol. The number of nitrogens with zero attached hydrogens (tertiary/aromatic N) is 1. The molecular formula is C10H20F2N2O. The lowest BCUT2D eigenvalue weighted by Crippen LogP contribution is -2.54. The van der Waals surface area contributed by atoms with E-state index in [0.717, 1.165) is 12.8 Å². The molecule has 90 valence electrons. The van der Waals surface area contributed by atoms with Gasteiger partial charge in [0.1, 0.15) is 0 Å². The number of rotatable bonds is 7. The third-order valence-electron chi connectivity index (χ3n) is 2.55. The van der Waals surface area contributed by atoms with Gasteiger partial charge in [-0.25, -0.2) is 8.78 Å². The van der Waals surface area contributed by atoms with Gasteiger partial charge in [-0.3, -0.25) is 4.90 Å². The molecule has 0 aromatic rings. The van der Waals surface area contributed by atoms with E-state index in [1.807, 2.05) is 6.92 Å². The van der Waals surface area contributed by atoms with Gasteiger partial charge in [-0.2, -0.15) is 0 Å². The predicted molar refractivity (Wildman–Crippen MR) is 55.1 cm³/mol. The van der Waals surface area contributed by atoms with Crippen LogP contribution in [0.4, 0.5) is 8.78 Å². The molecule has 0 aliphatic heterocycles. The summed E-state index contributed by atoms with van der Waals surface area (Å²) in [5, 5.41) is 12.6. The van der Waals surface area contributed by atoms with Crippen LogP contribution in [0.5, 0.6) is 0 Å². The molecule has 2 N–H and O–H groups in total. The van der Waals surface area contributed by atoms with E-state index in [4.69, 9.17) is 0 Å². The Morgan fingerprint density at radius 2 is 2.13 bits per heavy atom. The highest BCUT2D eigenvalue weighted by Crippen LogP contribution is 2.22. The molecule has 0 spiro atoms. The van der Waals surface area contributed by atoms with Crippen molar-refractivity contribution in [3.8, 4) is 0 Å². The topological polar surface area (TPSA) is 35.5 Å². The standard InChI is InChI=1S/C10H20F2N2O/c1-10(7-15,13-8-3-4-8)6-14(2)5-9(11)12/h8-9,13,15H,3-7H2,1-2H3. The molecule has 5 heteroatoms. The van der Waals surface area contributed by atoms with Crippen molar-refractivity contribution < 1.29 is 13.9 Å². The second kappa shape index (κ2) is 5.18. The van der Waals surface area contributed by atoms with Crippen LogP contribution in [0.15, 0.2) is 0 Å². The fourth-order valence-electron chi connectivity index (χ4n) is 1.76. The van der Waals surface area contributed by atoms with Gasteiger partial charge in [-0.05, 0) is 26.8 Å². The van der Waals surface area contributed by atoms with Crippen molar-refractivity contribution in [2.24, 2.45) is 0 Å². The van der Waals surface area contributed by atoms with Crippen molar-refractivity contribution in [1.29, 1.82) is 0 Å². The summed E-state index contributed by atoms with van der Waals surface area (Å²) in [7, 11) is 1.65. The Labute approximate surface area is 89.5 Å². The Kier molecular flexibility index (Phi) is 4.43. The van der Waals surface area contributed by atoms with Crippen molar-refractivity contribution in [3.05, 3.63) is 0 Å². The van der Waals surface area contributed by atoms with Crippen LogP contribution < -0.4 is 5.32 Å². The highest BCUT2D eigenvalue weighted by molar-refractivity contribution is 4.93. The Balaban J connectivity index is 2.35. The fraction of sp³-hybridized carbons (Fsp3) is 1.00. The van der Waals surface area contributed by atoms with Crippen molar-refractivity contribution in [2.75, 3.05) is 26.7 Å². The summed E-state index contributed by atoms with van der Waals surface area (Å²) < 4.78 is 24.2. The van der Waals surface area contributed by atoms with E-state index < -0.39 is 12.0 Å². The van der Waals surface area contributed by atoms with Crippen LogP contribution in [-0.4, -0.2) is 54.8 Å². The van der Waals surface area contributed by atoms with Gasteiger partial charge in [0.05, 0.1) is 18.7 Å². The van der Waals surface area contributed by atoms with E-state index >= 15 is 0 Å². The first-order chi connectivity index (χ1) is 6.95. The lowest BCUT2D eigenvalue weighted by Gasteiger charge is -2.33. The first kappa shape index (κ1) is 12.8. The fourth-order valence-corrected chi connectivity index (χ4v) is 1.76. The van der Waals surface area contributed by atoms with Gasteiger partial charge in [0, 0.05) is 12.6 Å². The van der Waals surface area contributed by atoms with Gasteiger partial charge < -0.3 is 10.4 Å². The molecule has 1 rings (SSSR count). The summed E-state index contributed by atoms with van der Waals surface area (Å²) >= 11 is 0. The van der Waals surface area contributed by atoms with E-state index in [-0.39, 0.29) is 13.2 Å². The normalized spacial score (nSPS) is 21.0. The summed E-state index contributed by atoms with van der Waals surface area (Å²) in [5.41, 5.74) is -0.467. The first-order valence-corrected chi connectivity index (χ1v) is 5.30. The number of halogens is 2. The Hall–Kier alpha value is -0.260. The Morgan fingerprint density at radius 1 is 1.53 bits per heavy atom. The Morgan fingerprint density at radius 3 is 2.53 bits per heavy atom. The van der Waals surface area contributed by atoms with Crippen LogP contribution in [-0.2, 0) is 0 Å². The number of aliphatic hydroxyl groups excluding tert-OH is 1. The maximum Gasteiger partial charge on any atom is 0.251 e. The largest absolute Gasteiger partial charge is 0.394 e. The summed E-state index contributed by atoms with van der Waals surface area (Å²) in [4.78, 5) is 1.55. The highest BCUT2D eigenvalue weighted by atomic mass is 19.3. The van der Waals surface area contributed by atoms with Crippen molar-refractivity contribution >= 4 is 0 Å². The summed E-state index contributed by atoms with van der Waals surface area (Å²) in [6, 6.07) is 0.460. The number of hydrogen-bond acceptors (Lipinski definition) is 3. The van der Waals surface area contributed by atoms with Gasteiger partial charge in [0.2, 0.25) is 0 Å². The summed E-state index contributed by atoms with van der Waals surface area (Å²) in [6.07, 6.45) is -0.0821. The molecule has 0 bridgehead atoms. The quantitative estimate of drug-likeness (QED) is 0.665. The van der Waals surface area contributed by atoms with Crippen molar-refractivity contribution in [1.82, 2.24) is 10.2 Å². The SMILES string of the molecule is CN(CC(F)F)CC(C)(CO)NC1CC1. The molecule has 0 amide bonds. The minimum atomic E-state index is -2.32. The minimum Gasteiger partial charge on any atom is -0.394 e. The number of likely N-dealkylation sites (N-methyl/N-ethyl adjacent to an activating group) is 1. The number of hydrogen-bond donors (Lipinski definition) is 2. The lowest BCUT2D eigenvalue weighted by atomic mass is 10.0. The van der Waals surface area contributed by atoms with E-state index in [2.05, 4.69) is 5.32 Å². The summed E-state index contributed by atoms with van der Waals surface area (Å²) in [5.74, 6) is 0. The molecule has 1 saturated carbocycles. The molecule has 1 unspecified atom stereocenters. The van der Waals surface area contributed by atoms with Crippen LogP contribution in [0.2, 0.25) is 0 Å². The molecule has 1 fully saturated rings. The lowest BCUT2D eigenvalue weighted by molar-refractivity contribution is 0.0714. The van der Waals surface area contributed by atoms with Crippen LogP contribution in [0.3, 0.4) is 0 Å². The van der Waals surface area contributed by atoms with Crippen LogP contribution in [0.25, 0.3) is 0 Å². The minimum absolute atomic E-state index is 0.0307. The predicted octanol–water partition coefficient (Wildman–Crippen LogP) is 0.686. The highest BCUT2D eigenvalue weighted by Gasteiger charge is 2.33. The van der Waals surface area contributed by atoms with Crippen LogP contribution in [0, 0.1) is 0 Å². The molecule has 1 aliphatic carbocycles. The molecule has 0 aromatic carbocycles. The molecule has 1 atom stereocenters.